The molecular weight excluding hydrogens is 347 g/mol. The van der Waals surface area contributed by atoms with Crippen LogP contribution in [-0.2, 0) is 13.9 Å². The summed E-state index contributed by atoms with van der Waals surface area (Å²) in [5.74, 6) is 0.315. The Hall–Kier alpha value is -1.91. The van der Waals surface area contributed by atoms with Gasteiger partial charge in [-0.05, 0) is 38.5 Å². The summed E-state index contributed by atoms with van der Waals surface area (Å²) < 4.78 is 22.2. The van der Waals surface area contributed by atoms with E-state index in [2.05, 4.69) is 0 Å². The van der Waals surface area contributed by atoms with Gasteiger partial charge in [0.1, 0.15) is 17.5 Å². The molecule has 0 bridgehead atoms. The molecule has 3 atom stereocenters. The van der Waals surface area contributed by atoms with Crippen LogP contribution in [0.3, 0.4) is 0 Å². The SMILES string of the molecule is CC1(C)Oc2ccc(C#N)cc2[C@@H](N2CCCC2=O)[C@H]1OP(=O)([O-])O. The summed E-state index contributed by atoms with van der Waals surface area (Å²) in [6.45, 7) is 3.69. The maximum Gasteiger partial charge on any atom is 0.265 e. The molecule has 1 fully saturated rings. The molecule has 2 aliphatic rings. The fraction of sp³-hybridized carbons (Fsp3) is 0.500. The molecule has 3 rings (SSSR count). The molecule has 0 aliphatic carbocycles. The minimum atomic E-state index is -5.08. The first-order chi connectivity index (χ1) is 11.6. The normalized spacial score (nSPS) is 27.2. The number of rotatable bonds is 3. The largest absolute Gasteiger partial charge is 0.756 e. The fourth-order valence-electron chi connectivity index (χ4n) is 3.45. The third kappa shape index (κ3) is 3.42. The van der Waals surface area contributed by atoms with E-state index >= 15 is 0 Å². The van der Waals surface area contributed by atoms with E-state index in [9.17, 15) is 19.1 Å². The van der Waals surface area contributed by atoms with Gasteiger partial charge in [0.15, 0.2) is 0 Å². The first-order valence-electron chi connectivity index (χ1n) is 7.87. The van der Waals surface area contributed by atoms with Gasteiger partial charge < -0.3 is 23.9 Å². The minimum Gasteiger partial charge on any atom is -0.756 e. The molecule has 1 amide bonds. The second-order valence-electron chi connectivity index (χ2n) is 6.70. The Bertz CT molecular complexity index is 796. The highest BCUT2D eigenvalue weighted by atomic mass is 31.2. The molecule has 8 nitrogen and oxygen atoms in total. The van der Waals surface area contributed by atoms with Crippen LogP contribution in [-0.4, -0.2) is 34.0 Å². The number of amides is 1. The minimum absolute atomic E-state index is 0.136. The number of fused-ring (bicyclic) bond motifs is 1. The van der Waals surface area contributed by atoms with Gasteiger partial charge in [-0.15, -0.1) is 0 Å². The van der Waals surface area contributed by atoms with Crippen molar-refractivity contribution in [2.24, 2.45) is 0 Å². The molecule has 0 saturated carbocycles. The van der Waals surface area contributed by atoms with Crippen LogP contribution in [0.2, 0.25) is 0 Å². The van der Waals surface area contributed by atoms with Crippen molar-refractivity contribution >= 4 is 13.7 Å². The predicted octanol–water partition coefficient (Wildman–Crippen LogP) is 1.24. The molecule has 2 heterocycles. The highest BCUT2D eigenvalue weighted by molar-refractivity contribution is 7.44. The number of hydrogen-bond acceptors (Lipinski definition) is 6. The summed E-state index contributed by atoms with van der Waals surface area (Å²) in [5.41, 5.74) is -0.281. The molecule has 1 unspecified atom stereocenters. The van der Waals surface area contributed by atoms with Gasteiger partial charge in [0.2, 0.25) is 5.91 Å². The van der Waals surface area contributed by atoms with Crippen LogP contribution in [0.1, 0.15) is 43.9 Å². The quantitative estimate of drug-likeness (QED) is 0.799. The number of nitrogens with zero attached hydrogens (tertiary/aromatic N) is 2. The lowest BCUT2D eigenvalue weighted by Gasteiger charge is -2.48. The molecular formula is C16H18N2O6P-. The van der Waals surface area contributed by atoms with E-state index in [4.69, 9.17) is 14.5 Å². The van der Waals surface area contributed by atoms with Crippen LogP contribution >= 0.6 is 7.82 Å². The van der Waals surface area contributed by atoms with Gasteiger partial charge in [0, 0.05) is 18.5 Å². The highest BCUT2D eigenvalue weighted by Crippen LogP contribution is 2.50. The standard InChI is InChI=1S/C16H19N2O6P/c1-16(2)15(24-25(20,21)22)14(18-7-3-4-13(18)19)11-8-10(9-17)5-6-12(11)23-16/h5-6,8,14-15H,3-4,7H2,1-2H3,(H2,20,21,22)/p-1/t14-,15-/m1/s1. The van der Waals surface area contributed by atoms with E-state index in [0.29, 0.717) is 36.3 Å². The third-order valence-electron chi connectivity index (χ3n) is 4.50. The Morgan fingerprint density at radius 1 is 1.52 bits per heavy atom. The maximum absolute atomic E-state index is 12.3. The topological polar surface area (TPSA) is 123 Å². The van der Waals surface area contributed by atoms with Crippen LogP contribution in [0, 0.1) is 11.3 Å². The fourth-order valence-corrected chi connectivity index (χ4v) is 4.11. The van der Waals surface area contributed by atoms with E-state index in [1.807, 2.05) is 6.07 Å². The molecule has 1 saturated heterocycles. The summed E-state index contributed by atoms with van der Waals surface area (Å²) in [5, 5.41) is 9.16. The van der Waals surface area contributed by atoms with Crippen molar-refractivity contribution < 1.29 is 28.4 Å². The van der Waals surface area contributed by atoms with Crippen molar-refractivity contribution in [1.82, 2.24) is 4.90 Å². The summed E-state index contributed by atoms with van der Waals surface area (Å²) in [6.07, 6.45) is -0.152. The van der Waals surface area contributed by atoms with Crippen molar-refractivity contribution in [2.75, 3.05) is 6.54 Å². The van der Waals surface area contributed by atoms with Crippen LogP contribution in [0.4, 0.5) is 0 Å². The Kier molecular flexibility index (Phi) is 4.38. The van der Waals surface area contributed by atoms with E-state index in [-0.39, 0.29) is 5.91 Å². The molecule has 0 radical (unpaired) electrons. The Morgan fingerprint density at radius 3 is 2.80 bits per heavy atom. The number of carbonyl (C=O) groups excluding carboxylic acids is 1. The van der Waals surface area contributed by atoms with E-state index < -0.39 is 25.6 Å². The molecule has 0 aromatic heterocycles. The smallest absolute Gasteiger partial charge is 0.265 e. The van der Waals surface area contributed by atoms with Gasteiger partial charge in [-0.3, -0.25) is 9.36 Å². The summed E-state index contributed by atoms with van der Waals surface area (Å²) in [7, 11) is -5.08. The van der Waals surface area contributed by atoms with E-state index in [1.54, 1.807) is 32.0 Å². The van der Waals surface area contributed by atoms with Crippen molar-refractivity contribution in [1.29, 1.82) is 5.26 Å². The van der Waals surface area contributed by atoms with E-state index in [0.717, 1.165) is 0 Å². The lowest BCUT2D eigenvalue weighted by atomic mass is 9.85. The third-order valence-corrected chi connectivity index (χ3v) is 4.99. The van der Waals surface area contributed by atoms with Crippen LogP contribution < -0.4 is 9.63 Å². The number of carbonyl (C=O) groups is 1. The molecule has 25 heavy (non-hydrogen) atoms. The van der Waals surface area contributed by atoms with Gasteiger partial charge in [-0.25, -0.2) is 0 Å². The lowest BCUT2D eigenvalue weighted by Crippen LogP contribution is -2.55. The average molecular weight is 365 g/mol. The molecule has 2 aliphatic heterocycles. The summed E-state index contributed by atoms with van der Waals surface area (Å²) >= 11 is 0. The van der Waals surface area contributed by atoms with Crippen LogP contribution in [0.5, 0.6) is 5.75 Å². The van der Waals surface area contributed by atoms with Gasteiger partial charge in [-0.2, -0.15) is 5.26 Å². The molecule has 1 aromatic carbocycles. The first-order valence-corrected chi connectivity index (χ1v) is 9.37. The van der Waals surface area contributed by atoms with Gasteiger partial charge in [0.25, 0.3) is 7.82 Å². The molecule has 1 N–H and O–H groups in total. The molecule has 9 heteroatoms. The number of phosphoric acid groups is 1. The zero-order valence-corrected chi connectivity index (χ0v) is 14.7. The lowest BCUT2D eigenvalue weighted by molar-refractivity contribution is -0.234. The number of benzene rings is 1. The van der Waals surface area contributed by atoms with Crippen molar-refractivity contribution in [3.63, 3.8) is 0 Å². The van der Waals surface area contributed by atoms with Gasteiger partial charge in [0.05, 0.1) is 17.7 Å². The summed E-state index contributed by atoms with van der Waals surface area (Å²) in [6, 6.07) is 6.00. The predicted molar refractivity (Wildman–Crippen MR) is 84.3 cm³/mol. The monoisotopic (exact) mass is 365 g/mol. The zero-order valence-electron chi connectivity index (χ0n) is 13.8. The first kappa shape index (κ1) is 17.9. The Balaban J connectivity index is 2.16. The van der Waals surface area contributed by atoms with E-state index in [1.165, 1.54) is 4.90 Å². The highest BCUT2D eigenvalue weighted by Gasteiger charge is 2.50. The number of nitriles is 1. The maximum atomic E-state index is 12.3. The zero-order chi connectivity index (χ0) is 18.4. The van der Waals surface area contributed by atoms with Crippen LogP contribution in [0.15, 0.2) is 18.2 Å². The van der Waals surface area contributed by atoms with Crippen molar-refractivity contribution in [3.05, 3.63) is 29.3 Å². The summed E-state index contributed by atoms with van der Waals surface area (Å²) in [4.78, 5) is 34.5. The second-order valence-corrected chi connectivity index (χ2v) is 7.85. The number of ether oxygens (including phenoxy) is 1. The molecule has 0 spiro atoms. The average Bonchev–Trinajstić information content (AvgIpc) is 2.92. The van der Waals surface area contributed by atoms with Gasteiger partial charge in [-0.1, -0.05) is 0 Å². The molecule has 134 valence electrons. The van der Waals surface area contributed by atoms with Crippen molar-refractivity contribution in [3.8, 4) is 11.8 Å². The van der Waals surface area contributed by atoms with Crippen LogP contribution in [0.25, 0.3) is 0 Å². The van der Waals surface area contributed by atoms with Gasteiger partial charge >= 0.3 is 0 Å². The number of phosphoric ester groups is 1. The molecule has 1 aromatic rings. The second kappa shape index (κ2) is 6.11. The number of likely N-dealkylation sites (tertiary alicyclic amines) is 1. The van der Waals surface area contributed by atoms with Crippen molar-refractivity contribution in [2.45, 2.75) is 44.4 Å². The Labute approximate surface area is 145 Å². The number of hydrogen-bond donors (Lipinski definition) is 1. The Morgan fingerprint density at radius 2 is 2.24 bits per heavy atom.